The van der Waals surface area contributed by atoms with Gasteiger partial charge in [0.1, 0.15) is 0 Å². The summed E-state index contributed by atoms with van der Waals surface area (Å²) in [4.78, 5) is 0.372. The van der Waals surface area contributed by atoms with Crippen molar-refractivity contribution in [2.75, 3.05) is 13.6 Å². The third kappa shape index (κ3) is 4.00. The zero-order chi connectivity index (χ0) is 12.2. The van der Waals surface area contributed by atoms with Gasteiger partial charge < -0.3 is 0 Å². The molecule has 1 rings (SSSR count). The van der Waals surface area contributed by atoms with Gasteiger partial charge in [-0.2, -0.15) is 0 Å². The maximum atomic E-state index is 12.2. The Morgan fingerprint density at radius 1 is 1.31 bits per heavy atom. The summed E-state index contributed by atoms with van der Waals surface area (Å²) in [6.45, 7) is 2.66. The Morgan fingerprint density at radius 3 is 2.38 bits per heavy atom. The second-order valence-electron chi connectivity index (χ2n) is 4.70. The minimum absolute atomic E-state index is 0.128. The Kier molecular flexibility index (Phi) is 5.74. The van der Waals surface area contributed by atoms with Crippen LogP contribution in [0.5, 0.6) is 0 Å². The van der Waals surface area contributed by atoms with E-state index in [1.807, 2.05) is 6.92 Å². The molecule has 1 unspecified atom stereocenters. The fourth-order valence-corrected chi connectivity index (χ4v) is 4.11. The summed E-state index contributed by atoms with van der Waals surface area (Å²) < 4.78 is 26.0. The molecule has 5 heteroatoms. The number of nitrogens with zero attached hydrogens (tertiary/aromatic N) is 1. The normalized spacial score (nSPS) is 21.2. The SMILES string of the molecule is CC(Br)CCN(C)S(=O)(=O)C1CCCCC1. The predicted molar refractivity (Wildman–Crippen MR) is 71.4 cm³/mol. The van der Waals surface area contributed by atoms with Crippen LogP contribution in [0.1, 0.15) is 45.4 Å². The Morgan fingerprint density at radius 2 is 1.88 bits per heavy atom. The molecular formula is C11H22BrNO2S. The molecule has 0 aromatic heterocycles. The van der Waals surface area contributed by atoms with Crippen LogP contribution < -0.4 is 0 Å². The zero-order valence-electron chi connectivity index (χ0n) is 10.2. The van der Waals surface area contributed by atoms with Gasteiger partial charge in [0.05, 0.1) is 5.25 Å². The molecule has 3 nitrogen and oxygen atoms in total. The molecule has 96 valence electrons. The first-order valence-corrected chi connectivity index (χ1v) is 8.45. The molecule has 0 aromatic rings. The topological polar surface area (TPSA) is 37.4 Å². The van der Waals surface area contributed by atoms with Gasteiger partial charge in [-0.3, -0.25) is 0 Å². The second-order valence-corrected chi connectivity index (χ2v) is 8.58. The maximum absolute atomic E-state index is 12.2. The molecule has 0 aliphatic heterocycles. The van der Waals surface area contributed by atoms with Gasteiger partial charge in [0, 0.05) is 18.4 Å². The monoisotopic (exact) mass is 311 g/mol. The van der Waals surface area contributed by atoms with Gasteiger partial charge in [-0.05, 0) is 19.3 Å². The van der Waals surface area contributed by atoms with Crippen LogP contribution in [-0.2, 0) is 10.0 Å². The molecule has 1 saturated carbocycles. The number of hydrogen-bond acceptors (Lipinski definition) is 2. The summed E-state index contributed by atoms with van der Waals surface area (Å²) in [6, 6.07) is 0. The number of rotatable bonds is 5. The Hall–Kier alpha value is 0.390. The van der Waals surface area contributed by atoms with Crippen molar-refractivity contribution in [3.63, 3.8) is 0 Å². The van der Waals surface area contributed by atoms with Gasteiger partial charge in [0.2, 0.25) is 10.0 Å². The van der Waals surface area contributed by atoms with Crippen molar-refractivity contribution in [1.29, 1.82) is 0 Å². The number of hydrogen-bond donors (Lipinski definition) is 0. The first-order valence-electron chi connectivity index (χ1n) is 6.04. The highest BCUT2D eigenvalue weighted by Gasteiger charge is 2.30. The van der Waals surface area contributed by atoms with E-state index in [1.165, 1.54) is 6.42 Å². The maximum Gasteiger partial charge on any atom is 0.216 e. The average molecular weight is 312 g/mol. The molecule has 0 radical (unpaired) electrons. The largest absolute Gasteiger partial charge is 0.216 e. The van der Waals surface area contributed by atoms with Crippen molar-refractivity contribution in [2.45, 2.75) is 55.5 Å². The summed E-state index contributed by atoms with van der Waals surface area (Å²) in [6.07, 6.45) is 5.86. The van der Waals surface area contributed by atoms with E-state index in [4.69, 9.17) is 0 Å². The van der Waals surface area contributed by atoms with Crippen LogP contribution in [0.2, 0.25) is 0 Å². The Balaban J connectivity index is 2.54. The van der Waals surface area contributed by atoms with Crippen LogP contribution in [0.25, 0.3) is 0 Å². The Labute approximate surface area is 108 Å². The summed E-state index contributed by atoms with van der Waals surface area (Å²) in [5.74, 6) is 0. The lowest BCUT2D eigenvalue weighted by atomic mass is 10.0. The van der Waals surface area contributed by atoms with Gasteiger partial charge in [0.15, 0.2) is 0 Å². The van der Waals surface area contributed by atoms with E-state index in [0.29, 0.717) is 11.4 Å². The van der Waals surface area contributed by atoms with Crippen LogP contribution in [0.4, 0.5) is 0 Å². The average Bonchev–Trinajstić information content (AvgIpc) is 2.27. The van der Waals surface area contributed by atoms with Crippen molar-refractivity contribution < 1.29 is 8.42 Å². The van der Waals surface area contributed by atoms with Gasteiger partial charge in [0.25, 0.3) is 0 Å². The summed E-state index contributed by atoms with van der Waals surface area (Å²) in [7, 11) is -1.34. The van der Waals surface area contributed by atoms with Gasteiger partial charge in [-0.1, -0.05) is 42.1 Å². The van der Waals surface area contributed by atoms with Crippen LogP contribution in [0.3, 0.4) is 0 Å². The molecule has 0 N–H and O–H groups in total. The summed E-state index contributed by atoms with van der Waals surface area (Å²) >= 11 is 3.44. The molecule has 16 heavy (non-hydrogen) atoms. The highest BCUT2D eigenvalue weighted by molar-refractivity contribution is 9.09. The lowest BCUT2D eigenvalue weighted by Crippen LogP contribution is -2.38. The number of alkyl halides is 1. The van der Waals surface area contributed by atoms with Crippen molar-refractivity contribution in [2.24, 2.45) is 0 Å². The van der Waals surface area contributed by atoms with Crippen LogP contribution in [-0.4, -0.2) is 36.4 Å². The van der Waals surface area contributed by atoms with Gasteiger partial charge in [-0.25, -0.2) is 12.7 Å². The van der Waals surface area contributed by atoms with E-state index in [0.717, 1.165) is 32.1 Å². The minimum atomic E-state index is -3.05. The molecule has 1 aliphatic carbocycles. The Bertz CT molecular complexity index is 297. The highest BCUT2D eigenvalue weighted by atomic mass is 79.9. The first-order chi connectivity index (χ1) is 7.44. The van der Waals surface area contributed by atoms with Crippen LogP contribution in [0, 0.1) is 0 Å². The highest BCUT2D eigenvalue weighted by Crippen LogP contribution is 2.25. The molecule has 0 saturated heterocycles. The lowest BCUT2D eigenvalue weighted by Gasteiger charge is -2.27. The van der Waals surface area contributed by atoms with Crippen LogP contribution >= 0.6 is 15.9 Å². The van der Waals surface area contributed by atoms with E-state index >= 15 is 0 Å². The van der Waals surface area contributed by atoms with Gasteiger partial charge >= 0.3 is 0 Å². The van der Waals surface area contributed by atoms with Crippen LogP contribution in [0.15, 0.2) is 0 Å². The van der Waals surface area contributed by atoms with E-state index in [2.05, 4.69) is 15.9 Å². The zero-order valence-corrected chi connectivity index (χ0v) is 12.6. The third-order valence-corrected chi connectivity index (χ3v) is 6.07. The van der Waals surface area contributed by atoms with E-state index in [1.54, 1.807) is 11.4 Å². The second kappa shape index (κ2) is 6.36. The van der Waals surface area contributed by atoms with E-state index in [-0.39, 0.29) is 5.25 Å². The molecule has 0 aromatic carbocycles. The van der Waals surface area contributed by atoms with E-state index < -0.39 is 10.0 Å². The van der Waals surface area contributed by atoms with Crippen molar-refractivity contribution in [3.05, 3.63) is 0 Å². The minimum Gasteiger partial charge on any atom is -0.212 e. The molecule has 0 spiro atoms. The fraction of sp³-hybridized carbons (Fsp3) is 1.00. The lowest BCUT2D eigenvalue weighted by molar-refractivity contribution is 0.421. The van der Waals surface area contributed by atoms with Crippen molar-refractivity contribution in [1.82, 2.24) is 4.31 Å². The number of sulfonamides is 1. The molecule has 0 bridgehead atoms. The molecule has 1 aliphatic rings. The first kappa shape index (κ1) is 14.5. The van der Waals surface area contributed by atoms with Crippen molar-refractivity contribution in [3.8, 4) is 0 Å². The molecular weight excluding hydrogens is 290 g/mol. The quantitative estimate of drug-likeness (QED) is 0.732. The fourth-order valence-electron chi connectivity index (χ4n) is 2.10. The standard InChI is InChI=1S/C11H22BrNO2S/c1-10(12)8-9-13(2)16(14,15)11-6-4-3-5-7-11/h10-11H,3-9H2,1-2H3. The van der Waals surface area contributed by atoms with Gasteiger partial charge in [-0.15, -0.1) is 0 Å². The molecule has 1 fully saturated rings. The number of halogens is 1. The summed E-state index contributed by atoms with van der Waals surface area (Å²) in [5, 5.41) is -0.128. The van der Waals surface area contributed by atoms with Crippen molar-refractivity contribution >= 4 is 26.0 Å². The molecule has 0 amide bonds. The molecule has 1 atom stereocenters. The molecule has 0 heterocycles. The predicted octanol–water partition coefficient (Wildman–Crippen LogP) is 2.75. The third-order valence-electron chi connectivity index (χ3n) is 3.25. The van der Waals surface area contributed by atoms with E-state index in [9.17, 15) is 8.42 Å². The summed E-state index contributed by atoms with van der Waals surface area (Å²) in [5.41, 5.74) is 0. The smallest absolute Gasteiger partial charge is 0.212 e.